The number of aromatic hydroxyl groups is 1. The van der Waals surface area contributed by atoms with Gasteiger partial charge in [-0.25, -0.2) is 0 Å². The maximum Gasteiger partial charge on any atom is 0.115 e. The summed E-state index contributed by atoms with van der Waals surface area (Å²) in [6.45, 7) is 0. The van der Waals surface area contributed by atoms with Gasteiger partial charge in [-0.1, -0.05) is 18.2 Å². The highest BCUT2D eigenvalue weighted by molar-refractivity contribution is 5.18. The lowest BCUT2D eigenvalue weighted by atomic mass is 10.3. The van der Waals surface area contributed by atoms with Gasteiger partial charge in [0.1, 0.15) is 5.75 Å². The van der Waals surface area contributed by atoms with Crippen molar-refractivity contribution in [3.8, 4) is 5.75 Å². The summed E-state index contributed by atoms with van der Waals surface area (Å²) in [6.07, 6.45) is 0. The van der Waals surface area contributed by atoms with Gasteiger partial charge in [-0.3, -0.25) is 10.5 Å². The molecule has 0 saturated carbocycles. The van der Waals surface area contributed by atoms with E-state index < -0.39 is 0 Å². The van der Waals surface area contributed by atoms with Gasteiger partial charge in [0, 0.05) is 0 Å². The minimum Gasteiger partial charge on any atom is -0.508 e. The lowest BCUT2D eigenvalue weighted by Gasteiger charge is -1.82. The molecule has 1 aromatic rings. The average Bonchev–Trinajstić information content (AvgIpc) is 1.94. The molecule has 0 amide bonds. The fraction of sp³-hybridized carbons (Fsp3) is 0. The number of phenols is 1. The predicted octanol–water partition coefficient (Wildman–Crippen LogP) is 0.585. The number of hydrogen-bond donors (Lipinski definition) is 3. The Morgan fingerprint density at radius 3 is 1.50 bits per heavy atom. The molecule has 1 rings (SSSR count). The second kappa shape index (κ2) is 7.90. The van der Waals surface area contributed by atoms with Crippen molar-refractivity contribution in [1.29, 1.82) is 0 Å². The first kappa shape index (κ1) is 11.7. The fourth-order valence-electron chi connectivity index (χ4n) is 0.428. The third-order valence-electron chi connectivity index (χ3n) is 0.756. The molecule has 0 unspecified atom stereocenters. The molecule has 0 aliphatic heterocycles. The second-order valence-corrected chi connectivity index (χ2v) is 1.34. The van der Waals surface area contributed by atoms with Crippen LogP contribution < -0.4 is 0 Å². The molecular formula is C6H10O4. The molecule has 1 aromatic carbocycles. The van der Waals surface area contributed by atoms with Crippen molar-refractivity contribution in [1.82, 2.24) is 0 Å². The van der Waals surface area contributed by atoms with Crippen LogP contribution in [0.3, 0.4) is 0 Å². The first-order valence-corrected chi connectivity index (χ1v) is 2.33. The largest absolute Gasteiger partial charge is 0.508 e. The summed E-state index contributed by atoms with van der Waals surface area (Å²) >= 11 is 0. The van der Waals surface area contributed by atoms with Crippen LogP contribution in [-0.4, -0.2) is 21.1 Å². The quantitative estimate of drug-likeness (QED) is 0.369. The third kappa shape index (κ3) is 5.04. The number of benzene rings is 1. The van der Waals surface area contributed by atoms with Crippen molar-refractivity contribution in [3.63, 3.8) is 0 Å². The van der Waals surface area contributed by atoms with Gasteiger partial charge in [0.2, 0.25) is 0 Å². The standard InChI is InChI=1S/C6H6O.H2O2.H2O/c7-6-4-2-1-3-5-6;1-2;/h1-5,7H;1-2H;1H2. The van der Waals surface area contributed by atoms with E-state index in [-0.39, 0.29) is 5.48 Å². The van der Waals surface area contributed by atoms with E-state index in [1.165, 1.54) is 0 Å². The zero-order chi connectivity index (χ0) is 7.11. The Morgan fingerprint density at radius 1 is 0.900 bits per heavy atom. The summed E-state index contributed by atoms with van der Waals surface area (Å²) < 4.78 is 0. The van der Waals surface area contributed by atoms with E-state index >= 15 is 0 Å². The summed E-state index contributed by atoms with van der Waals surface area (Å²) in [4.78, 5) is 0. The van der Waals surface area contributed by atoms with Crippen LogP contribution in [-0.2, 0) is 0 Å². The molecule has 4 heteroatoms. The van der Waals surface area contributed by atoms with Gasteiger partial charge in [-0.15, -0.1) is 0 Å². The van der Waals surface area contributed by atoms with Gasteiger partial charge in [-0.05, 0) is 12.1 Å². The highest BCUT2D eigenvalue weighted by Gasteiger charge is 1.74. The first-order chi connectivity index (χ1) is 4.39. The SMILES string of the molecule is O.OO.Oc1ccccc1. The number of phenolic OH excluding ortho intramolecular Hbond substituents is 1. The Hall–Kier alpha value is -1.10. The Balaban J connectivity index is 0. The average molecular weight is 146 g/mol. The number of hydrogen-bond acceptors (Lipinski definition) is 3. The topological polar surface area (TPSA) is 92.2 Å². The van der Waals surface area contributed by atoms with E-state index in [0.717, 1.165) is 0 Å². The normalized spacial score (nSPS) is 6.60. The van der Waals surface area contributed by atoms with E-state index in [9.17, 15) is 0 Å². The zero-order valence-corrected chi connectivity index (χ0v) is 5.23. The summed E-state index contributed by atoms with van der Waals surface area (Å²) in [5.74, 6) is 0.322. The van der Waals surface area contributed by atoms with Crippen molar-refractivity contribution in [2.75, 3.05) is 0 Å². The molecule has 10 heavy (non-hydrogen) atoms. The number of para-hydroxylation sites is 1. The molecule has 0 saturated heterocycles. The molecule has 0 aromatic heterocycles. The van der Waals surface area contributed by atoms with Crippen molar-refractivity contribution >= 4 is 0 Å². The van der Waals surface area contributed by atoms with Gasteiger partial charge in [0.25, 0.3) is 0 Å². The van der Waals surface area contributed by atoms with E-state index in [1.54, 1.807) is 24.3 Å². The Labute approximate surface area is 58.2 Å². The van der Waals surface area contributed by atoms with Gasteiger partial charge >= 0.3 is 0 Å². The zero-order valence-electron chi connectivity index (χ0n) is 5.23. The molecule has 0 bridgehead atoms. The minimum absolute atomic E-state index is 0. The third-order valence-corrected chi connectivity index (χ3v) is 0.756. The van der Waals surface area contributed by atoms with Crippen LogP contribution in [0, 0.1) is 0 Å². The molecule has 0 fully saturated rings. The molecule has 0 aliphatic rings. The van der Waals surface area contributed by atoms with Crippen LogP contribution in [0.2, 0.25) is 0 Å². The lowest BCUT2D eigenvalue weighted by molar-refractivity contribution is -0.176. The molecule has 0 heterocycles. The van der Waals surface area contributed by atoms with Crippen molar-refractivity contribution < 1.29 is 21.1 Å². The molecule has 4 nitrogen and oxygen atoms in total. The molecule has 0 spiro atoms. The molecule has 5 N–H and O–H groups in total. The van der Waals surface area contributed by atoms with Gasteiger partial charge in [-0.2, -0.15) is 0 Å². The minimum atomic E-state index is 0. The first-order valence-electron chi connectivity index (χ1n) is 2.33. The van der Waals surface area contributed by atoms with Crippen LogP contribution >= 0.6 is 0 Å². The van der Waals surface area contributed by atoms with E-state index in [1.807, 2.05) is 6.07 Å². The lowest BCUT2D eigenvalue weighted by Crippen LogP contribution is -1.56. The highest BCUT2D eigenvalue weighted by atomic mass is 17.0. The Bertz CT molecular complexity index is 140. The van der Waals surface area contributed by atoms with Crippen LogP contribution in [0.5, 0.6) is 5.75 Å². The van der Waals surface area contributed by atoms with Gasteiger partial charge in [0.15, 0.2) is 0 Å². The molecule has 0 radical (unpaired) electrons. The van der Waals surface area contributed by atoms with Crippen LogP contribution in [0.4, 0.5) is 0 Å². The second-order valence-electron chi connectivity index (χ2n) is 1.34. The van der Waals surface area contributed by atoms with Crippen molar-refractivity contribution in [3.05, 3.63) is 30.3 Å². The molecular weight excluding hydrogens is 136 g/mol. The molecule has 0 aliphatic carbocycles. The van der Waals surface area contributed by atoms with Crippen LogP contribution in [0.15, 0.2) is 30.3 Å². The van der Waals surface area contributed by atoms with Crippen molar-refractivity contribution in [2.24, 2.45) is 0 Å². The molecule has 0 atom stereocenters. The van der Waals surface area contributed by atoms with Gasteiger partial charge in [0.05, 0.1) is 0 Å². The Morgan fingerprint density at radius 2 is 1.30 bits per heavy atom. The van der Waals surface area contributed by atoms with Crippen molar-refractivity contribution in [2.45, 2.75) is 0 Å². The number of rotatable bonds is 0. The van der Waals surface area contributed by atoms with Crippen LogP contribution in [0.25, 0.3) is 0 Å². The Kier molecular flexibility index (Phi) is 9.22. The summed E-state index contributed by atoms with van der Waals surface area (Å²) in [7, 11) is 0. The summed E-state index contributed by atoms with van der Waals surface area (Å²) in [6, 6.07) is 8.71. The predicted molar refractivity (Wildman–Crippen MR) is 37.0 cm³/mol. The van der Waals surface area contributed by atoms with Gasteiger partial charge < -0.3 is 10.6 Å². The van der Waals surface area contributed by atoms with E-state index in [2.05, 4.69) is 0 Å². The smallest absolute Gasteiger partial charge is 0.115 e. The molecule has 58 valence electrons. The summed E-state index contributed by atoms with van der Waals surface area (Å²) in [5.41, 5.74) is 0. The van der Waals surface area contributed by atoms with E-state index in [0.29, 0.717) is 5.75 Å². The maximum atomic E-state index is 8.63. The maximum absolute atomic E-state index is 8.63. The van der Waals surface area contributed by atoms with Crippen LogP contribution in [0.1, 0.15) is 0 Å². The monoisotopic (exact) mass is 146 g/mol. The fourth-order valence-corrected chi connectivity index (χ4v) is 0.428. The highest BCUT2D eigenvalue weighted by Crippen LogP contribution is 2.02. The summed E-state index contributed by atoms with van der Waals surface area (Å²) in [5, 5.41) is 20.6. The van der Waals surface area contributed by atoms with E-state index in [4.69, 9.17) is 15.6 Å².